The molecule has 0 unspecified atom stereocenters. The van der Waals surface area contributed by atoms with Crippen LogP contribution in [0.1, 0.15) is 22.2 Å². The zero-order chi connectivity index (χ0) is 16.8. The highest BCUT2D eigenvalue weighted by Crippen LogP contribution is 2.29. The van der Waals surface area contributed by atoms with Crippen molar-refractivity contribution in [1.82, 2.24) is 10.9 Å². The van der Waals surface area contributed by atoms with E-state index in [1.807, 2.05) is 37.3 Å². The largest absolute Gasteiger partial charge is 0.451 e. The Bertz CT molecular complexity index is 722. The first-order chi connectivity index (χ1) is 11.0. The Balaban J connectivity index is 2.01. The number of hydrogen-bond donors (Lipinski definition) is 2. The third-order valence-electron chi connectivity index (χ3n) is 2.93. The summed E-state index contributed by atoms with van der Waals surface area (Å²) in [4.78, 5) is 34.6. The Hall–Kier alpha value is -2.67. The molecule has 0 bridgehead atoms. The maximum absolute atomic E-state index is 12.1. The summed E-state index contributed by atoms with van der Waals surface area (Å²) in [6, 6.07) is 9.62. The topological polar surface area (TPSA) is 84.5 Å². The average molecular weight is 332 g/mol. The van der Waals surface area contributed by atoms with Gasteiger partial charge in [-0.15, -0.1) is 11.3 Å². The van der Waals surface area contributed by atoms with Gasteiger partial charge in [-0.3, -0.25) is 20.4 Å². The molecule has 2 amide bonds. The predicted octanol–water partition coefficient (Wildman–Crippen LogP) is 2.05. The van der Waals surface area contributed by atoms with Crippen LogP contribution in [0.25, 0.3) is 11.1 Å². The van der Waals surface area contributed by atoms with Gasteiger partial charge in [-0.25, -0.2) is 4.79 Å². The molecule has 6 nitrogen and oxygen atoms in total. The molecule has 1 aromatic heterocycles. The lowest BCUT2D eigenvalue weighted by molar-refractivity contribution is -0.129. The Morgan fingerprint density at radius 3 is 2.43 bits per heavy atom. The Kier molecular flexibility index (Phi) is 5.48. The highest BCUT2D eigenvalue weighted by molar-refractivity contribution is 7.12. The number of ether oxygens (including phenoxy) is 1. The van der Waals surface area contributed by atoms with Crippen LogP contribution in [0.5, 0.6) is 0 Å². The molecule has 120 valence electrons. The molecule has 2 rings (SSSR count). The van der Waals surface area contributed by atoms with Crippen molar-refractivity contribution in [2.45, 2.75) is 13.8 Å². The van der Waals surface area contributed by atoms with Crippen LogP contribution in [0.4, 0.5) is 0 Å². The van der Waals surface area contributed by atoms with Gasteiger partial charge >= 0.3 is 5.97 Å². The van der Waals surface area contributed by atoms with Crippen molar-refractivity contribution in [1.29, 1.82) is 0 Å². The fourth-order valence-corrected chi connectivity index (χ4v) is 2.63. The van der Waals surface area contributed by atoms with Crippen molar-refractivity contribution in [3.63, 3.8) is 0 Å². The first-order valence-corrected chi connectivity index (χ1v) is 7.72. The average Bonchev–Trinajstić information content (AvgIpc) is 3.01. The zero-order valence-corrected chi connectivity index (χ0v) is 13.5. The lowest BCUT2D eigenvalue weighted by atomic mass is 10.1. The molecule has 0 radical (unpaired) electrons. The Labute approximate surface area is 137 Å². The van der Waals surface area contributed by atoms with Gasteiger partial charge < -0.3 is 4.74 Å². The van der Waals surface area contributed by atoms with Gasteiger partial charge in [-0.1, -0.05) is 29.8 Å². The standard InChI is InChI=1S/C16H16N2O4S/c1-10-3-5-12(6-4-10)13-7-8-23-15(13)16(21)22-9-14(20)18-17-11(2)19/h3-8H,9H2,1-2H3,(H,17,19)(H,18,20). The molecule has 0 aliphatic heterocycles. The highest BCUT2D eigenvalue weighted by Gasteiger charge is 2.17. The maximum Gasteiger partial charge on any atom is 0.349 e. The molecule has 1 heterocycles. The summed E-state index contributed by atoms with van der Waals surface area (Å²) in [6.07, 6.45) is 0. The summed E-state index contributed by atoms with van der Waals surface area (Å²) >= 11 is 1.25. The summed E-state index contributed by atoms with van der Waals surface area (Å²) in [5.74, 6) is -1.60. The number of rotatable bonds is 4. The molecule has 0 fully saturated rings. The van der Waals surface area contributed by atoms with Gasteiger partial charge in [0.2, 0.25) is 5.91 Å². The van der Waals surface area contributed by atoms with Crippen molar-refractivity contribution in [3.8, 4) is 11.1 Å². The third kappa shape index (κ3) is 4.65. The molecule has 0 atom stereocenters. The Morgan fingerprint density at radius 2 is 1.78 bits per heavy atom. The molecule has 0 aliphatic rings. The van der Waals surface area contributed by atoms with E-state index in [4.69, 9.17) is 4.74 Å². The number of carbonyl (C=O) groups is 3. The lowest BCUT2D eigenvalue weighted by Gasteiger charge is -2.07. The van der Waals surface area contributed by atoms with Gasteiger partial charge in [-0.2, -0.15) is 0 Å². The van der Waals surface area contributed by atoms with E-state index in [0.29, 0.717) is 4.88 Å². The van der Waals surface area contributed by atoms with Crippen molar-refractivity contribution in [3.05, 3.63) is 46.2 Å². The summed E-state index contributed by atoms with van der Waals surface area (Å²) in [5.41, 5.74) is 7.04. The van der Waals surface area contributed by atoms with Crippen LogP contribution >= 0.6 is 11.3 Å². The number of carbonyl (C=O) groups excluding carboxylic acids is 3. The lowest BCUT2D eigenvalue weighted by Crippen LogP contribution is -2.42. The normalized spacial score (nSPS) is 10.0. The smallest absolute Gasteiger partial charge is 0.349 e. The van der Waals surface area contributed by atoms with E-state index in [0.717, 1.165) is 16.7 Å². The number of hydrogen-bond acceptors (Lipinski definition) is 5. The molecular formula is C16H16N2O4S. The van der Waals surface area contributed by atoms with Crippen LogP contribution in [0.15, 0.2) is 35.7 Å². The van der Waals surface area contributed by atoms with Gasteiger partial charge in [0.05, 0.1) is 0 Å². The van der Waals surface area contributed by atoms with Crippen molar-refractivity contribution >= 4 is 29.1 Å². The van der Waals surface area contributed by atoms with Crippen molar-refractivity contribution in [2.75, 3.05) is 6.61 Å². The molecule has 7 heteroatoms. The molecule has 23 heavy (non-hydrogen) atoms. The second-order valence-electron chi connectivity index (χ2n) is 4.83. The number of benzene rings is 1. The SMILES string of the molecule is CC(=O)NNC(=O)COC(=O)c1sccc1-c1ccc(C)cc1. The second-order valence-corrected chi connectivity index (χ2v) is 5.75. The minimum Gasteiger partial charge on any atom is -0.451 e. The van der Waals surface area contributed by atoms with E-state index in [1.54, 1.807) is 5.38 Å². The summed E-state index contributed by atoms with van der Waals surface area (Å²) in [5, 5.41) is 1.79. The number of nitrogens with one attached hydrogen (secondary N) is 2. The zero-order valence-electron chi connectivity index (χ0n) is 12.7. The molecule has 2 aromatic rings. The van der Waals surface area contributed by atoms with Crippen molar-refractivity contribution in [2.24, 2.45) is 0 Å². The predicted molar refractivity (Wildman–Crippen MR) is 86.7 cm³/mol. The molecule has 2 N–H and O–H groups in total. The molecule has 1 aromatic carbocycles. The van der Waals surface area contributed by atoms with E-state index in [2.05, 4.69) is 10.9 Å². The van der Waals surface area contributed by atoms with Crippen LogP contribution in [0.2, 0.25) is 0 Å². The first kappa shape index (κ1) is 16.7. The number of hydrazine groups is 1. The third-order valence-corrected chi connectivity index (χ3v) is 3.82. The van der Waals surface area contributed by atoms with E-state index in [-0.39, 0.29) is 0 Å². The van der Waals surface area contributed by atoms with Crippen LogP contribution in [-0.2, 0) is 14.3 Å². The summed E-state index contributed by atoms with van der Waals surface area (Å²) < 4.78 is 4.97. The quantitative estimate of drug-likeness (QED) is 0.663. The molecular weight excluding hydrogens is 316 g/mol. The van der Waals surface area contributed by atoms with Gasteiger partial charge in [0.1, 0.15) is 4.88 Å². The minimum absolute atomic E-state index is 0.412. The monoisotopic (exact) mass is 332 g/mol. The van der Waals surface area contributed by atoms with Gasteiger partial charge in [-0.05, 0) is 23.9 Å². The fourth-order valence-electron chi connectivity index (χ4n) is 1.82. The van der Waals surface area contributed by atoms with Crippen LogP contribution < -0.4 is 10.9 Å². The maximum atomic E-state index is 12.1. The number of aryl methyl sites for hydroxylation is 1. The van der Waals surface area contributed by atoms with E-state index >= 15 is 0 Å². The van der Waals surface area contributed by atoms with Crippen LogP contribution in [0.3, 0.4) is 0 Å². The molecule has 0 saturated carbocycles. The molecule has 0 saturated heterocycles. The number of amides is 2. The van der Waals surface area contributed by atoms with E-state index in [9.17, 15) is 14.4 Å². The fraction of sp³-hybridized carbons (Fsp3) is 0.188. The van der Waals surface area contributed by atoms with Crippen molar-refractivity contribution < 1.29 is 19.1 Å². The highest BCUT2D eigenvalue weighted by atomic mass is 32.1. The molecule has 0 spiro atoms. The van der Waals surface area contributed by atoms with Gasteiger partial charge in [0, 0.05) is 12.5 Å². The van der Waals surface area contributed by atoms with Gasteiger partial charge in [0.25, 0.3) is 5.91 Å². The second kappa shape index (κ2) is 7.55. The summed E-state index contributed by atoms with van der Waals surface area (Å²) in [6.45, 7) is 2.77. The van der Waals surface area contributed by atoms with E-state index in [1.165, 1.54) is 18.3 Å². The molecule has 0 aliphatic carbocycles. The van der Waals surface area contributed by atoms with E-state index < -0.39 is 24.4 Å². The summed E-state index contributed by atoms with van der Waals surface area (Å²) in [7, 11) is 0. The Morgan fingerprint density at radius 1 is 1.09 bits per heavy atom. The minimum atomic E-state index is -0.609. The van der Waals surface area contributed by atoms with Crippen LogP contribution in [-0.4, -0.2) is 24.4 Å². The van der Waals surface area contributed by atoms with Crippen LogP contribution in [0, 0.1) is 6.92 Å². The first-order valence-electron chi connectivity index (χ1n) is 6.84. The number of esters is 1. The van der Waals surface area contributed by atoms with Gasteiger partial charge in [0.15, 0.2) is 6.61 Å². The number of thiophene rings is 1.